The van der Waals surface area contributed by atoms with E-state index in [1.54, 1.807) is 0 Å². The van der Waals surface area contributed by atoms with Gasteiger partial charge in [-0.1, -0.05) is 6.42 Å². The van der Waals surface area contributed by atoms with Gasteiger partial charge in [0.15, 0.2) is 0 Å². The van der Waals surface area contributed by atoms with Crippen LogP contribution in [0.5, 0.6) is 0 Å². The molecule has 0 bridgehead atoms. The van der Waals surface area contributed by atoms with Crippen LogP contribution in [0.1, 0.15) is 51.4 Å². The number of aliphatic hydroxyl groups is 1. The highest BCUT2D eigenvalue weighted by atomic mass is 16.3. The maximum absolute atomic E-state index is 9.42. The summed E-state index contributed by atoms with van der Waals surface area (Å²) in [6.07, 6.45) is 10.1. The Kier molecular flexibility index (Phi) is 3.82. The molecule has 1 saturated heterocycles. The minimum absolute atomic E-state index is 0.00515. The number of piperidine rings is 1. The molecular weight excluding hydrogens is 174 g/mol. The van der Waals surface area contributed by atoms with Crippen molar-refractivity contribution in [3.63, 3.8) is 0 Å². The van der Waals surface area contributed by atoms with E-state index in [0.29, 0.717) is 0 Å². The zero-order valence-electron chi connectivity index (χ0n) is 9.04. The summed E-state index contributed by atoms with van der Waals surface area (Å²) in [5.41, 5.74) is 0. The molecule has 2 fully saturated rings. The van der Waals surface area contributed by atoms with Crippen LogP contribution in [0.25, 0.3) is 0 Å². The minimum Gasteiger partial charge on any atom is -0.393 e. The third-order valence-electron chi connectivity index (χ3n) is 3.85. The van der Waals surface area contributed by atoms with Crippen LogP contribution in [-0.4, -0.2) is 23.8 Å². The third-order valence-corrected chi connectivity index (χ3v) is 3.85. The van der Waals surface area contributed by atoms with Crippen LogP contribution in [0.2, 0.25) is 0 Å². The van der Waals surface area contributed by atoms with Crippen molar-refractivity contribution in [1.82, 2.24) is 5.32 Å². The van der Waals surface area contributed by atoms with Crippen molar-refractivity contribution in [2.75, 3.05) is 6.54 Å². The second-order valence-corrected chi connectivity index (χ2v) is 5.06. The Morgan fingerprint density at radius 3 is 2.43 bits per heavy atom. The first-order valence-electron chi connectivity index (χ1n) is 6.26. The largest absolute Gasteiger partial charge is 0.393 e. The molecular formula is C12H23NO. The maximum Gasteiger partial charge on any atom is 0.0540 e. The molecule has 0 aromatic rings. The molecule has 14 heavy (non-hydrogen) atoms. The van der Waals surface area contributed by atoms with Crippen molar-refractivity contribution in [2.45, 2.75) is 63.5 Å². The molecule has 2 rings (SSSR count). The molecule has 82 valence electrons. The second-order valence-electron chi connectivity index (χ2n) is 5.06. The summed E-state index contributed by atoms with van der Waals surface area (Å²) < 4.78 is 0. The van der Waals surface area contributed by atoms with E-state index in [1.807, 2.05) is 0 Å². The summed E-state index contributed by atoms with van der Waals surface area (Å²) in [5.74, 6) is 0.883. The second kappa shape index (κ2) is 5.13. The number of aliphatic hydroxyl groups excluding tert-OH is 1. The van der Waals surface area contributed by atoms with E-state index < -0.39 is 0 Å². The average Bonchev–Trinajstić information content (AvgIpc) is 2.23. The van der Waals surface area contributed by atoms with Gasteiger partial charge in [0.05, 0.1) is 6.10 Å². The fourth-order valence-electron chi connectivity index (χ4n) is 2.91. The van der Waals surface area contributed by atoms with E-state index in [1.165, 1.54) is 45.1 Å². The number of hydrogen-bond acceptors (Lipinski definition) is 2. The van der Waals surface area contributed by atoms with Crippen LogP contribution in [0, 0.1) is 5.92 Å². The van der Waals surface area contributed by atoms with Crippen LogP contribution in [0.3, 0.4) is 0 Å². The molecule has 2 nitrogen and oxygen atoms in total. The highest BCUT2D eigenvalue weighted by Gasteiger charge is 2.23. The molecule has 1 saturated carbocycles. The smallest absolute Gasteiger partial charge is 0.0540 e. The molecule has 1 aliphatic heterocycles. The molecule has 1 heterocycles. The zero-order valence-corrected chi connectivity index (χ0v) is 9.04. The Bertz CT molecular complexity index is 158. The average molecular weight is 197 g/mol. The number of nitrogens with one attached hydrogen (secondary N) is 1. The molecule has 0 aromatic heterocycles. The Labute approximate surface area is 87.1 Å². The van der Waals surface area contributed by atoms with Crippen LogP contribution in [0.15, 0.2) is 0 Å². The third kappa shape index (κ3) is 2.96. The predicted molar refractivity (Wildman–Crippen MR) is 58.2 cm³/mol. The fourth-order valence-corrected chi connectivity index (χ4v) is 2.91. The van der Waals surface area contributed by atoms with Crippen molar-refractivity contribution < 1.29 is 5.11 Å². The Balaban J connectivity index is 1.68. The monoisotopic (exact) mass is 197 g/mol. The van der Waals surface area contributed by atoms with E-state index in [-0.39, 0.29) is 6.10 Å². The molecule has 2 N–H and O–H groups in total. The molecule has 2 aliphatic rings. The molecule has 2 heteroatoms. The quantitative estimate of drug-likeness (QED) is 0.710. The molecule has 0 amide bonds. The normalized spacial score (nSPS) is 39.6. The van der Waals surface area contributed by atoms with Crippen LogP contribution in [-0.2, 0) is 0 Å². The summed E-state index contributed by atoms with van der Waals surface area (Å²) in [6.45, 7) is 1.22. The van der Waals surface area contributed by atoms with E-state index in [9.17, 15) is 5.11 Å². The fraction of sp³-hybridized carbons (Fsp3) is 1.00. The van der Waals surface area contributed by atoms with Crippen LogP contribution >= 0.6 is 0 Å². The van der Waals surface area contributed by atoms with Crippen LogP contribution in [0.4, 0.5) is 0 Å². The summed E-state index contributed by atoms with van der Waals surface area (Å²) in [4.78, 5) is 0. The van der Waals surface area contributed by atoms with Gasteiger partial charge in [0.25, 0.3) is 0 Å². The van der Waals surface area contributed by atoms with Crippen molar-refractivity contribution in [2.24, 2.45) is 5.92 Å². The van der Waals surface area contributed by atoms with E-state index in [0.717, 1.165) is 24.8 Å². The van der Waals surface area contributed by atoms with Gasteiger partial charge in [-0.25, -0.2) is 0 Å². The van der Waals surface area contributed by atoms with Gasteiger partial charge < -0.3 is 10.4 Å². The first kappa shape index (κ1) is 10.4. The van der Waals surface area contributed by atoms with Gasteiger partial charge in [-0.3, -0.25) is 0 Å². The summed E-state index contributed by atoms with van der Waals surface area (Å²) in [7, 11) is 0. The predicted octanol–water partition coefficient (Wildman–Crippen LogP) is 2.07. The standard InChI is InChI=1S/C12H23NO/c14-12-6-4-10(5-7-12)9-11-3-1-2-8-13-11/h10-14H,1-9H2. The molecule has 1 aliphatic carbocycles. The lowest BCUT2D eigenvalue weighted by molar-refractivity contribution is 0.102. The topological polar surface area (TPSA) is 32.3 Å². The lowest BCUT2D eigenvalue weighted by atomic mass is 9.82. The Morgan fingerprint density at radius 2 is 1.79 bits per heavy atom. The highest BCUT2D eigenvalue weighted by Crippen LogP contribution is 2.29. The molecule has 1 unspecified atom stereocenters. The number of rotatable bonds is 2. The molecule has 1 atom stereocenters. The van der Waals surface area contributed by atoms with Crippen molar-refractivity contribution in [3.8, 4) is 0 Å². The van der Waals surface area contributed by atoms with Crippen molar-refractivity contribution >= 4 is 0 Å². The molecule has 0 aromatic carbocycles. The first-order valence-corrected chi connectivity index (χ1v) is 6.26. The van der Waals surface area contributed by atoms with Crippen molar-refractivity contribution in [1.29, 1.82) is 0 Å². The highest BCUT2D eigenvalue weighted by molar-refractivity contribution is 4.79. The van der Waals surface area contributed by atoms with Gasteiger partial charge in [0.2, 0.25) is 0 Å². The molecule has 0 spiro atoms. The maximum atomic E-state index is 9.42. The van der Waals surface area contributed by atoms with Gasteiger partial charge in [-0.05, 0) is 57.4 Å². The van der Waals surface area contributed by atoms with Crippen molar-refractivity contribution in [3.05, 3.63) is 0 Å². The summed E-state index contributed by atoms with van der Waals surface area (Å²) >= 11 is 0. The lowest BCUT2D eigenvalue weighted by Gasteiger charge is -2.31. The van der Waals surface area contributed by atoms with Gasteiger partial charge in [-0.2, -0.15) is 0 Å². The Hall–Kier alpha value is -0.0800. The summed E-state index contributed by atoms with van der Waals surface area (Å²) in [5, 5.41) is 13.0. The SMILES string of the molecule is OC1CCC(CC2CCCCN2)CC1. The van der Waals surface area contributed by atoms with E-state index in [4.69, 9.17) is 0 Å². The summed E-state index contributed by atoms with van der Waals surface area (Å²) in [6, 6.07) is 0.781. The van der Waals surface area contributed by atoms with Gasteiger partial charge in [0.1, 0.15) is 0 Å². The van der Waals surface area contributed by atoms with Crippen LogP contribution < -0.4 is 5.32 Å². The minimum atomic E-state index is 0.00515. The van der Waals surface area contributed by atoms with Gasteiger partial charge in [0, 0.05) is 6.04 Å². The zero-order chi connectivity index (χ0) is 9.80. The van der Waals surface area contributed by atoms with Gasteiger partial charge >= 0.3 is 0 Å². The Morgan fingerprint density at radius 1 is 1.00 bits per heavy atom. The lowest BCUT2D eigenvalue weighted by Crippen LogP contribution is -2.36. The number of hydrogen-bond donors (Lipinski definition) is 2. The molecule has 0 radical (unpaired) electrons. The van der Waals surface area contributed by atoms with Gasteiger partial charge in [-0.15, -0.1) is 0 Å². The van der Waals surface area contributed by atoms with E-state index >= 15 is 0 Å². The first-order chi connectivity index (χ1) is 6.84. The van der Waals surface area contributed by atoms with E-state index in [2.05, 4.69) is 5.32 Å².